The highest BCUT2D eigenvalue weighted by molar-refractivity contribution is 6.16. The lowest BCUT2D eigenvalue weighted by Gasteiger charge is -2.25. The van der Waals surface area contributed by atoms with Crippen LogP contribution in [0.1, 0.15) is 56.6 Å². The molecule has 15 heavy (non-hydrogen) atoms. The van der Waals surface area contributed by atoms with Crippen molar-refractivity contribution in [2.75, 3.05) is 0 Å². The molecule has 2 rings (SSSR count). The zero-order valence-electron chi connectivity index (χ0n) is 9.17. The predicted octanol–water partition coefficient (Wildman–Crippen LogP) is 3.23. The molecule has 0 bridgehead atoms. The summed E-state index contributed by atoms with van der Waals surface area (Å²) in [5.74, 6) is 3.68. The summed E-state index contributed by atoms with van der Waals surface area (Å²) in [5.41, 5.74) is 0. The van der Waals surface area contributed by atoms with Crippen LogP contribution in [0.3, 0.4) is 0 Å². The highest BCUT2D eigenvalue weighted by atomic mass is 35.5. The van der Waals surface area contributed by atoms with Gasteiger partial charge in [0.25, 0.3) is 0 Å². The fraction of sp³-hybridized carbons (Fsp3) is 0.818. The van der Waals surface area contributed by atoms with Gasteiger partial charge in [-0.1, -0.05) is 13.3 Å². The van der Waals surface area contributed by atoms with E-state index in [0.29, 0.717) is 11.8 Å². The minimum atomic E-state index is 0.428. The first-order valence-electron chi connectivity index (χ1n) is 5.80. The highest BCUT2D eigenvalue weighted by Gasteiger charge is 2.23. The molecule has 1 fully saturated rings. The smallest absolute Gasteiger partial charge is 0.153 e. The molecule has 3 nitrogen and oxygen atoms in total. The molecule has 0 spiro atoms. The minimum absolute atomic E-state index is 0.428. The van der Waals surface area contributed by atoms with Crippen molar-refractivity contribution < 1.29 is 0 Å². The van der Waals surface area contributed by atoms with Crippen molar-refractivity contribution in [1.29, 1.82) is 0 Å². The van der Waals surface area contributed by atoms with Gasteiger partial charge in [0.05, 0.1) is 5.88 Å². The molecule has 84 valence electrons. The van der Waals surface area contributed by atoms with Gasteiger partial charge in [-0.15, -0.1) is 11.6 Å². The van der Waals surface area contributed by atoms with E-state index < -0.39 is 0 Å². The van der Waals surface area contributed by atoms with Crippen LogP contribution in [0.2, 0.25) is 0 Å². The minimum Gasteiger partial charge on any atom is -0.262 e. The average Bonchev–Trinajstić information content (AvgIpc) is 2.78. The van der Waals surface area contributed by atoms with E-state index in [0.717, 1.165) is 17.6 Å². The maximum absolute atomic E-state index is 5.69. The fourth-order valence-electron chi connectivity index (χ4n) is 2.38. The third-order valence-electron chi connectivity index (χ3n) is 3.46. The number of H-pyrrole nitrogens is 1. The van der Waals surface area contributed by atoms with Crippen LogP contribution >= 0.6 is 11.6 Å². The third kappa shape index (κ3) is 2.51. The van der Waals surface area contributed by atoms with Crippen molar-refractivity contribution in [2.45, 2.75) is 50.8 Å². The topological polar surface area (TPSA) is 41.6 Å². The summed E-state index contributed by atoms with van der Waals surface area (Å²) in [4.78, 5) is 4.40. The molecular weight excluding hydrogens is 210 g/mol. The van der Waals surface area contributed by atoms with Crippen molar-refractivity contribution in [1.82, 2.24) is 15.2 Å². The van der Waals surface area contributed by atoms with Gasteiger partial charge >= 0.3 is 0 Å². The van der Waals surface area contributed by atoms with Gasteiger partial charge < -0.3 is 0 Å². The number of halogens is 1. The summed E-state index contributed by atoms with van der Waals surface area (Å²) >= 11 is 5.69. The first kappa shape index (κ1) is 10.9. The maximum Gasteiger partial charge on any atom is 0.153 e. The molecule has 0 unspecified atom stereocenters. The first-order chi connectivity index (χ1) is 7.33. The van der Waals surface area contributed by atoms with E-state index in [9.17, 15) is 0 Å². The van der Waals surface area contributed by atoms with Crippen molar-refractivity contribution in [3.8, 4) is 0 Å². The maximum atomic E-state index is 5.69. The second-order valence-electron chi connectivity index (χ2n) is 4.40. The number of nitrogens with zero attached hydrogens (tertiary/aromatic N) is 2. The normalized spacial score (nSPS) is 26.8. The zero-order chi connectivity index (χ0) is 10.7. The summed E-state index contributed by atoms with van der Waals surface area (Å²) < 4.78 is 0. The lowest BCUT2D eigenvalue weighted by molar-refractivity contribution is 0.312. The summed E-state index contributed by atoms with van der Waals surface area (Å²) in [6.07, 6.45) is 6.43. The molecule has 1 aromatic heterocycles. The number of hydrogen-bond donors (Lipinski definition) is 1. The summed E-state index contributed by atoms with van der Waals surface area (Å²) in [5, 5.41) is 7.13. The van der Waals surface area contributed by atoms with Crippen LogP contribution in [-0.4, -0.2) is 15.2 Å². The van der Waals surface area contributed by atoms with Crippen LogP contribution in [0.4, 0.5) is 0 Å². The van der Waals surface area contributed by atoms with Gasteiger partial charge in [-0.3, -0.25) is 5.10 Å². The van der Waals surface area contributed by atoms with Crippen LogP contribution in [-0.2, 0) is 5.88 Å². The quantitative estimate of drug-likeness (QED) is 0.806. The van der Waals surface area contributed by atoms with E-state index in [1.807, 2.05) is 0 Å². The van der Waals surface area contributed by atoms with Crippen LogP contribution < -0.4 is 0 Å². The number of alkyl halides is 1. The Balaban J connectivity index is 1.95. The molecule has 0 amide bonds. The van der Waals surface area contributed by atoms with E-state index in [1.54, 1.807) is 0 Å². The van der Waals surface area contributed by atoms with Crippen LogP contribution in [0.5, 0.6) is 0 Å². The number of aromatic amines is 1. The molecule has 1 aliphatic rings. The van der Waals surface area contributed by atoms with Gasteiger partial charge in [0, 0.05) is 5.92 Å². The molecule has 4 heteroatoms. The van der Waals surface area contributed by atoms with E-state index in [-0.39, 0.29) is 0 Å². The van der Waals surface area contributed by atoms with E-state index in [2.05, 4.69) is 22.1 Å². The van der Waals surface area contributed by atoms with Crippen molar-refractivity contribution in [3.05, 3.63) is 11.6 Å². The molecule has 1 aliphatic carbocycles. The summed E-state index contributed by atoms with van der Waals surface area (Å²) in [7, 11) is 0. The summed E-state index contributed by atoms with van der Waals surface area (Å²) in [6.45, 7) is 2.28. The van der Waals surface area contributed by atoms with Crippen molar-refractivity contribution in [2.24, 2.45) is 5.92 Å². The molecule has 0 aromatic carbocycles. The number of rotatable bonds is 3. The zero-order valence-corrected chi connectivity index (χ0v) is 9.93. The molecule has 1 aromatic rings. The molecule has 0 atom stereocenters. The lowest BCUT2D eigenvalue weighted by atomic mass is 9.80. The largest absolute Gasteiger partial charge is 0.262 e. The Labute approximate surface area is 95.6 Å². The number of nitrogens with one attached hydrogen (secondary N) is 1. The highest BCUT2D eigenvalue weighted by Crippen LogP contribution is 2.35. The molecule has 1 N–H and O–H groups in total. The Kier molecular flexibility index (Phi) is 3.62. The number of hydrogen-bond acceptors (Lipinski definition) is 2. The molecular formula is C11H18ClN3. The molecule has 1 heterocycles. The second-order valence-corrected chi connectivity index (χ2v) is 4.67. The van der Waals surface area contributed by atoms with Crippen LogP contribution in [0.25, 0.3) is 0 Å². The Morgan fingerprint density at radius 1 is 1.33 bits per heavy atom. The molecule has 1 saturated carbocycles. The fourth-order valence-corrected chi connectivity index (χ4v) is 2.50. The van der Waals surface area contributed by atoms with Gasteiger partial charge in [-0.2, -0.15) is 5.10 Å². The molecule has 0 radical (unpaired) electrons. The van der Waals surface area contributed by atoms with Gasteiger partial charge in [-0.25, -0.2) is 4.98 Å². The first-order valence-corrected chi connectivity index (χ1v) is 6.34. The van der Waals surface area contributed by atoms with Gasteiger partial charge in [0.15, 0.2) is 5.82 Å². The third-order valence-corrected chi connectivity index (χ3v) is 3.72. The van der Waals surface area contributed by atoms with E-state index >= 15 is 0 Å². The number of aromatic nitrogens is 3. The Morgan fingerprint density at radius 3 is 2.60 bits per heavy atom. The standard InChI is InChI=1S/C11H18ClN3/c1-2-8-3-5-9(6-4-8)11-13-10(7-12)14-15-11/h8-9H,2-7H2,1H3,(H,13,14,15). The van der Waals surface area contributed by atoms with Gasteiger partial charge in [0.2, 0.25) is 0 Å². The molecule has 0 saturated heterocycles. The Bertz CT molecular complexity index is 303. The molecule has 0 aliphatic heterocycles. The second kappa shape index (κ2) is 4.97. The van der Waals surface area contributed by atoms with E-state index in [1.165, 1.54) is 32.1 Å². The van der Waals surface area contributed by atoms with E-state index in [4.69, 9.17) is 11.6 Å². The Hall–Kier alpha value is -0.570. The van der Waals surface area contributed by atoms with Crippen molar-refractivity contribution in [3.63, 3.8) is 0 Å². The monoisotopic (exact) mass is 227 g/mol. The predicted molar refractivity (Wildman–Crippen MR) is 60.9 cm³/mol. The average molecular weight is 228 g/mol. The van der Waals surface area contributed by atoms with Gasteiger partial charge in [-0.05, 0) is 31.6 Å². The van der Waals surface area contributed by atoms with Gasteiger partial charge in [0.1, 0.15) is 5.82 Å². The van der Waals surface area contributed by atoms with Crippen LogP contribution in [0, 0.1) is 5.92 Å². The lowest BCUT2D eigenvalue weighted by Crippen LogP contribution is -2.13. The summed E-state index contributed by atoms with van der Waals surface area (Å²) in [6, 6.07) is 0. The van der Waals surface area contributed by atoms with Crippen molar-refractivity contribution >= 4 is 11.6 Å². The van der Waals surface area contributed by atoms with Crippen LogP contribution in [0.15, 0.2) is 0 Å². The Morgan fingerprint density at radius 2 is 2.07 bits per heavy atom. The SMILES string of the molecule is CCC1CCC(c2n[nH]c(CCl)n2)CC1.